The molecule has 148 valence electrons. The molecule has 0 radical (unpaired) electrons. The number of fused-ring (bicyclic) bond motifs is 2. The molecule has 0 spiro atoms. The molecular weight excluding hydrogens is 372 g/mol. The first-order valence-corrected chi connectivity index (χ1v) is 9.92. The van der Waals surface area contributed by atoms with Gasteiger partial charge in [0.25, 0.3) is 0 Å². The molecule has 0 amide bonds. The van der Waals surface area contributed by atoms with Gasteiger partial charge < -0.3 is 9.47 Å². The van der Waals surface area contributed by atoms with Crippen LogP contribution in [0, 0.1) is 0 Å². The fraction of sp³-hybridized carbons (Fsp3) is 0.167. The van der Waals surface area contributed by atoms with Crippen LogP contribution in [-0.2, 0) is 0 Å². The minimum Gasteiger partial charge on any atom is -0.378 e. The van der Waals surface area contributed by atoms with Crippen molar-refractivity contribution in [1.29, 1.82) is 0 Å². The molecule has 30 heavy (non-hydrogen) atoms. The summed E-state index contributed by atoms with van der Waals surface area (Å²) in [5.41, 5.74) is 6.60. The van der Waals surface area contributed by atoms with Crippen molar-refractivity contribution in [2.45, 2.75) is 13.0 Å². The first-order chi connectivity index (χ1) is 14.6. The lowest BCUT2D eigenvalue weighted by Gasteiger charge is -2.16. The van der Waals surface area contributed by atoms with Gasteiger partial charge in [-0.1, -0.05) is 24.3 Å². The molecule has 0 aliphatic carbocycles. The van der Waals surface area contributed by atoms with E-state index in [9.17, 15) is 0 Å². The zero-order valence-corrected chi connectivity index (χ0v) is 17.2. The number of anilines is 1. The Morgan fingerprint density at radius 3 is 2.70 bits per heavy atom. The first kappa shape index (κ1) is 18.2. The minimum atomic E-state index is 0.0669. The molecule has 0 N–H and O–H groups in total. The maximum Gasteiger partial charge on any atom is 0.197 e. The lowest BCUT2D eigenvalue weighted by Crippen LogP contribution is -2.08. The van der Waals surface area contributed by atoms with Crippen LogP contribution < -0.4 is 4.90 Å². The molecular formula is C24H22N6. The van der Waals surface area contributed by atoms with Crippen molar-refractivity contribution in [2.75, 3.05) is 19.0 Å². The van der Waals surface area contributed by atoms with Gasteiger partial charge in [-0.25, -0.2) is 15.0 Å². The van der Waals surface area contributed by atoms with Crippen molar-refractivity contribution in [1.82, 2.24) is 24.5 Å². The van der Waals surface area contributed by atoms with Crippen molar-refractivity contribution in [3.05, 3.63) is 78.9 Å². The van der Waals surface area contributed by atoms with Gasteiger partial charge in [0.05, 0.1) is 29.8 Å². The number of rotatable bonds is 4. The molecule has 0 aliphatic rings. The van der Waals surface area contributed by atoms with Crippen LogP contribution in [0.15, 0.2) is 73.3 Å². The average molecular weight is 394 g/mol. The van der Waals surface area contributed by atoms with Crippen LogP contribution in [0.2, 0.25) is 0 Å². The van der Waals surface area contributed by atoms with Gasteiger partial charge in [-0.2, -0.15) is 0 Å². The third kappa shape index (κ3) is 3.16. The summed E-state index contributed by atoms with van der Waals surface area (Å²) in [6, 6.07) is 18.8. The Balaban J connectivity index is 1.57. The smallest absolute Gasteiger partial charge is 0.197 e. The normalized spacial score (nSPS) is 12.4. The van der Waals surface area contributed by atoms with E-state index in [1.807, 2.05) is 38.8 Å². The van der Waals surface area contributed by atoms with Crippen LogP contribution in [0.3, 0.4) is 0 Å². The largest absolute Gasteiger partial charge is 0.378 e. The van der Waals surface area contributed by atoms with Crippen molar-refractivity contribution in [3.63, 3.8) is 0 Å². The predicted octanol–water partition coefficient (Wildman–Crippen LogP) is 4.72. The van der Waals surface area contributed by atoms with E-state index >= 15 is 0 Å². The van der Waals surface area contributed by atoms with Crippen molar-refractivity contribution in [2.24, 2.45) is 0 Å². The van der Waals surface area contributed by atoms with Crippen LogP contribution in [-0.4, -0.2) is 38.6 Å². The highest BCUT2D eigenvalue weighted by Crippen LogP contribution is 2.27. The van der Waals surface area contributed by atoms with Gasteiger partial charge in [0.15, 0.2) is 11.3 Å². The number of benzene rings is 2. The number of aromatic nitrogens is 5. The molecule has 3 heterocycles. The van der Waals surface area contributed by atoms with Crippen molar-refractivity contribution < 1.29 is 0 Å². The molecule has 0 fully saturated rings. The molecule has 3 aromatic heterocycles. The molecule has 1 unspecified atom stereocenters. The monoisotopic (exact) mass is 394 g/mol. The fourth-order valence-corrected chi connectivity index (χ4v) is 3.69. The second kappa shape index (κ2) is 7.22. The topological polar surface area (TPSA) is 59.7 Å². The number of hydrogen-bond donors (Lipinski definition) is 0. The molecule has 5 rings (SSSR count). The van der Waals surface area contributed by atoms with E-state index in [0.29, 0.717) is 5.65 Å². The maximum atomic E-state index is 4.92. The molecule has 6 heteroatoms. The second-order valence-corrected chi connectivity index (χ2v) is 7.63. The van der Waals surface area contributed by atoms with Gasteiger partial charge in [-0.15, -0.1) is 0 Å². The van der Waals surface area contributed by atoms with Gasteiger partial charge in [0, 0.05) is 36.9 Å². The Kier molecular flexibility index (Phi) is 4.39. The standard InChI is InChI=1S/C24H22N6/c1-16(17-9-10-21-18(12-17)7-5-11-25-21)30-15-27-23-24(30)28-22(14-26-23)19-6-4-8-20(13-19)29(2)3/h4-16H,1-3H3. The highest BCUT2D eigenvalue weighted by Gasteiger charge is 2.15. The summed E-state index contributed by atoms with van der Waals surface area (Å²) in [7, 11) is 4.06. The van der Waals surface area contributed by atoms with Gasteiger partial charge in [-0.05, 0) is 42.8 Å². The Morgan fingerprint density at radius 2 is 1.83 bits per heavy atom. The minimum absolute atomic E-state index is 0.0669. The quantitative estimate of drug-likeness (QED) is 0.442. The number of nitrogens with zero attached hydrogens (tertiary/aromatic N) is 6. The number of imidazole rings is 1. The van der Waals surface area contributed by atoms with E-state index in [-0.39, 0.29) is 6.04 Å². The van der Waals surface area contributed by atoms with Crippen LogP contribution >= 0.6 is 0 Å². The van der Waals surface area contributed by atoms with E-state index < -0.39 is 0 Å². The lowest BCUT2D eigenvalue weighted by atomic mass is 10.1. The van der Waals surface area contributed by atoms with Gasteiger partial charge in [-0.3, -0.25) is 4.98 Å². The highest BCUT2D eigenvalue weighted by molar-refractivity contribution is 5.79. The van der Waals surface area contributed by atoms with Crippen molar-refractivity contribution in [3.8, 4) is 11.3 Å². The Hall–Kier alpha value is -3.80. The zero-order chi connectivity index (χ0) is 20.7. The Bertz CT molecular complexity index is 1350. The van der Waals surface area contributed by atoms with Crippen LogP contribution in [0.1, 0.15) is 18.5 Å². The van der Waals surface area contributed by atoms with E-state index in [0.717, 1.165) is 33.5 Å². The highest BCUT2D eigenvalue weighted by atomic mass is 15.1. The third-order valence-electron chi connectivity index (χ3n) is 5.47. The SMILES string of the molecule is CC(c1ccc2ncccc2c1)n1cnc2ncc(-c3cccc(N(C)C)c3)nc21. The molecule has 0 aliphatic heterocycles. The van der Waals surface area contributed by atoms with E-state index in [1.165, 1.54) is 5.56 Å². The summed E-state index contributed by atoms with van der Waals surface area (Å²) in [6.07, 6.45) is 5.43. The number of pyridine rings is 1. The van der Waals surface area contributed by atoms with Gasteiger partial charge in [0.1, 0.15) is 0 Å². The molecule has 5 aromatic rings. The summed E-state index contributed by atoms with van der Waals surface area (Å²) < 4.78 is 2.08. The van der Waals surface area contributed by atoms with Crippen molar-refractivity contribution >= 4 is 27.9 Å². The van der Waals surface area contributed by atoms with Crippen LogP contribution in [0.5, 0.6) is 0 Å². The van der Waals surface area contributed by atoms with Gasteiger partial charge in [0.2, 0.25) is 0 Å². The Labute approximate surface area is 174 Å². The third-order valence-corrected chi connectivity index (χ3v) is 5.47. The lowest BCUT2D eigenvalue weighted by molar-refractivity contribution is 0.653. The molecule has 1 atom stereocenters. The predicted molar refractivity (Wildman–Crippen MR) is 121 cm³/mol. The summed E-state index contributed by atoms with van der Waals surface area (Å²) in [6.45, 7) is 2.15. The molecule has 6 nitrogen and oxygen atoms in total. The first-order valence-electron chi connectivity index (χ1n) is 9.92. The zero-order valence-electron chi connectivity index (χ0n) is 17.2. The second-order valence-electron chi connectivity index (χ2n) is 7.63. The summed E-state index contributed by atoms with van der Waals surface area (Å²) >= 11 is 0. The molecule has 0 bridgehead atoms. The van der Waals surface area contributed by atoms with E-state index in [4.69, 9.17) is 4.98 Å². The van der Waals surface area contributed by atoms with Crippen LogP contribution in [0.4, 0.5) is 5.69 Å². The van der Waals surface area contributed by atoms with E-state index in [2.05, 4.69) is 73.8 Å². The molecule has 0 saturated carbocycles. The summed E-state index contributed by atoms with van der Waals surface area (Å²) in [5.74, 6) is 0. The summed E-state index contributed by atoms with van der Waals surface area (Å²) in [5, 5.41) is 1.12. The molecule has 0 saturated heterocycles. The average Bonchev–Trinajstić information content (AvgIpc) is 3.21. The Morgan fingerprint density at radius 1 is 0.933 bits per heavy atom. The van der Waals surface area contributed by atoms with Crippen LogP contribution in [0.25, 0.3) is 33.5 Å². The molecule has 2 aromatic carbocycles. The number of hydrogen-bond acceptors (Lipinski definition) is 5. The van der Waals surface area contributed by atoms with E-state index in [1.54, 1.807) is 6.20 Å². The maximum absolute atomic E-state index is 4.92. The summed E-state index contributed by atoms with van der Waals surface area (Å²) in [4.78, 5) is 20.5. The fourth-order valence-electron chi connectivity index (χ4n) is 3.69. The van der Waals surface area contributed by atoms with Gasteiger partial charge >= 0.3 is 0 Å².